The van der Waals surface area contributed by atoms with Crippen LogP contribution >= 0.6 is 23.5 Å². The van der Waals surface area contributed by atoms with Crippen molar-refractivity contribution in [2.45, 2.75) is 56.3 Å². The van der Waals surface area contributed by atoms with Gasteiger partial charge < -0.3 is 5.11 Å². The Morgan fingerprint density at radius 2 is 2.21 bits per heavy atom. The Labute approximate surface area is 123 Å². The third-order valence-electron chi connectivity index (χ3n) is 3.40. The molecule has 1 N–H and O–H groups in total. The molecule has 3 unspecified atom stereocenters. The molecule has 1 saturated heterocycles. The Morgan fingerprint density at radius 1 is 1.42 bits per heavy atom. The molecule has 108 valence electrons. The molecule has 0 saturated carbocycles. The minimum absolute atomic E-state index is 0.317. The molecule has 19 heavy (non-hydrogen) atoms. The predicted octanol–water partition coefficient (Wildman–Crippen LogP) is 2.22. The fourth-order valence-electron chi connectivity index (χ4n) is 2.44. The van der Waals surface area contributed by atoms with Crippen LogP contribution in [0.25, 0.3) is 0 Å². The normalized spacial score (nSPS) is 25.4. The molecule has 0 radical (unpaired) electrons. The summed E-state index contributed by atoms with van der Waals surface area (Å²) in [6.45, 7) is 5.22. The summed E-state index contributed by atoms with van der Waals surface area (Å²) in [5, 5.41) is 15.6. The molecular formula is C13H23N3OS2. The van der Waals surface area contributed by atoms with Gasteiger partial charge in [0.25, 0.3) is 0 Å². The second-order valence-electron chi connectivity index (χ2n) is 4.82. The highest BCUT2D eigenvalue weighted by atomic mass is 32.2. The number of hydrogen-bond acceptors (Lipinski definition) is 5. The molecule has 0 spiro atoms. The van der Waals surface area contributed by atoms with Crippen molar-refractivity contribution in [1.82, 2.24) is 14.8 Å². The van der Waals surface area contributed by atoms with Gasteiger partial charge in [0.15, 0.2) is 0 Å². The molecule has 0 aliphatic carbocycles. The lowest BCUT2D eigenvalue weighted by atomic mass is 10.1. The summed E-state index contributed by atoms with van der Waals surface area (Å²) in [7, 11) is 0. The number of hydrogen-bond donors (Lipinski definition) is 1. The highest BCUT2D eigenvalue weighted by Crippen LogP contribution is 2.35. The van der Waals surface area contributed by atoms with Gasteiger partial charge in [-0.15, -0.1) is 0 Å². The second kappa shape index (κ2) is 7.55. The zero-order valence-corrected chi connectivity index (χ0v) is 13.3. The fraction of sp³-hybridized carbons (Fsp3) is 0.846. The van der Waals surface area contributed by atoms with E-state index in [1.807, 2.05) is 28.2 Å². The van der Waals surface area contributed by atoms with E-state index in [4.69, 9.17) is 0 Å². The lowest BCUT2D eigenvalue weighted by Crippen LogP contribution is -2.37. The van der Waals surface area contributed by atoms with Crippen molar-refractivity contribution in [3.05, 3.63) is 12.2 Å². The second-order valence-corrected chi connectivity index (χ2v) is 7.46. The first-order chi connectivity index (χ1) is 9.26. The topological polar surface area (TPSA) is 50.9 Å². The Hall–Kier alpha value is -0.200. The van der Waals surface area contributed by atoms with E-state index in [1.54, 1.807) is 6.33 Å². The number of aromatic nitrogens is 3. The Morgan fingerprint density at radius 3 is 2.95 bits per heavy atom. The lowest BCUT2D eigenvalue weighted by molar-refractivity contribution is 0.165. The van der Waals surface area contributed by atoms with Crippen LogP contribution in [0, 0.1) is 0 Å². The molecular weight excluding hydrogens is 278 g/mol. The quantitative estimate of drug-likeness (QED) is 0.873. The van der Waals surface area contributed by atoms with Gasteiger partial charge in [-0.25, -0.2) is 4.98 Å². The van der Waals surface area contributed by atoms with Crippen molar-refractivity contribution in [2.24, 2.45) is 0 Å². The lowest BCUT2D eigenvalue weighted by Gasteiger charge is -2.33. The van der Waals surface area contributed by atoms with Gasteiger partial charge in [0.2, 0.25) is 0 Å². The first-order valence-electron chi connectivity index (χ1n) is 7.04. The predicted molar refractivity (Wildman–Crippen MR) is 82.8 cm³/mol. The van der Waals surface area contributed by atoms with E-state index in [1.165, 1.54) is 5.75 Å². The average molecular weight is 301 g/mol. The molecule has 1 aliphatic heterocycles. The summed E-state index contributed by atoms with van der Waals surface area (Å²) < 4.78 is 1.92. The third kappa shape index (κ3) is 3.89. The van der Waals surface area contributed by atoms with Gasteiger partial charge in [-0.05, 0) is 12.8 Å². The minimum Gasteiger partial charge on any atom is -0.391 e. The number of aryl methyl sites for hydroxylation is 1. The van der Waals surface area contributed by atoms with Crippen LogP contribution in [-0.2, 0) is 13.0 Å². The molecule has 2 heterocycles. The van der Waals surface area contributed by atoms with Gasteiger partial charge in [0, 0.05) is 35.0 Å². The van der Waals surface area contributed by atoms with Gasteiger partial charge in [0.1, 0.15) is 12.2 Å². The zero-order valence-electron chi connectivity index (χ0n) is 11.7. The van der Waals surface area contributed by atoms with Crippen molar-refractivity contribution < 1.29 is 5.11 Å². The van der Waals surface area contributed by atoms with Crippen LogP contribution in [0.2, 0.25) is 0 Å². The molecule has 0 amide bonds. The molecule has 1 fully saturated rings. The Balaban J connectivity index is 1.98. The number of aliphatic hydroxyl groups excluding tert-OH is 1. The van der Waals surface area contributed by atoms with Gasteiger partial charge >= 0.3 is 0 Å². The monoisotopic (exact) mass is 301 g/mol. The van der Waals surface area contributed by atoms with Crippen molar-refractivity contribution in [3.63, 3.8) is 0 Å². The average Bonchev–Trinajstić information content (AvgIpc) is 2.86. The van der Waals surface area contributed by atoms with Gasteiger partial charge in [-0.3, -0.25) is 4.68 Å². The van der Waals surface area contributed by atoms with E-state index < -0.39 is 0 Å². The van der Waals surface area contributed by atoms with E-state index in [-0.39, 0.29) is 6.10 Å². The molecule has 1 aromatic heterocycles. The van der Waals surface area contributed by atoms with Gasteiger partial charge in [-0.2, -0.15) is 28.6 Å². The summed E-state index contributed by atoms with van der Waals surface area (Å²) in [5.41, 5.74) is 0. The zero-order chi connectivity index (χ0) is 13.7. The molecule has 1 aromatic rings. The maximum absolute atomic E-state index is 10.5. The van der Waals surface area contributed by atoms with Crippen molar-refractivity contribution in [1.29, 1.82) is 0 Å². The standard InChI is InChI=1S/C13H23N3OS2/c1-3-5-16-12(14-9-15-16)8-10(17)13-11(4-2)18-6-7-19-13/h9-11,13,17H,3-8H2,1-2H3. The SMILES string of the molecule is CCCn1ncnc1CC(O)C1SCCSC1CC. The van der Waals surface area contributed by atoms with Crippen molar-refractivity contribution in [2.75, 3.05) is 11.5 Å². The smallest absolute Gasteiger partial charge is 0.138 e. The molecule has 4 nitrogen and oxygen atoms in total. The molecule has 6 heteroatoms. The summed E-state index contributed by atoms with van der Waals surface area (Å²) in [4.78, 5) is 4.30. The van der Waals surface area contributed by atoms with Gasteiger partial charge in [-0.1, -0.05) is 13.8 Å². The minimum atomic E-state index is -0.317. The summed E-state index contributed by atoms with van der Waals surface area (Å²) in [6, 6.07) is 0. The van der Waals surface area contributed by atoms with Crippen LogP contribution in [-0.4, -0.2) is 48.0 Å². The molecule has 0 aromatic carbocycles. The molecule has 0 bridgehead atoms. The first kappa shape index (κ1) is 15.2. The maximum atomic E-state index is 10.5. The van der Waals surface area contributed by atoms with E-state index in [2.05, 4.69) is 23.9 Å². The number of thioether (sulfide) groups is 2. The number of rotatable bonds is 6. The van der Waals surface area contributed by atoms with Crippen LogP contribution in [0.4, 0.5) is 0 Å². The summed E-state index contributed by atoms with van der Waals surface area (Å²) in [6.07, 6.45) is 4.06. The van der Waals surface area contributed by atoms with Crippen LogP contribution in [0.15, 0.2) is 6.33 Å². The highest BCUT2D eigenvalue weighted by Gasteiger charge is 2.31. The van der Waals surface area contributed by atoms with Crippen LogP contribution in [0.1, 0.15) is 32.5 Å². The van der Waals surface area contributed by atoms with Gasteiger partial charge in [0.05, 0.1) is 6.10 Å². The van der Waals surface area contributed by atoms with Crippen molar-refractivity contribution in [3.8, 4) is 0 Å². The first-order valence-corrected chi connectivity index (χ1v) is 9.14. The molecule has 2 rings (SSSR count). The van der Waals surface area contributed by atoms with E-state index in [0.29, 0.717) is 16.9 Å². The summed E-state index contributed by atoms with van der Waals surface area (Å²) in [5.74, 6) is 3.27. The summed E-state index contributed by atoms with van der Waals surface area (Å²) >= 11 is 3.92. The highest BCUT2D eigenvalue weighted by molar-refractivity contribution is 8.07. The van der Waals surface area contributed by atoms with E-state index in [9.17, 15) is 5.11 Å². The number of aliphatic hydroxyl groups is 1. The Kier molecular flexibility index (Phi) is 6.04. The van der Waals surface area contributed by atoms with E-state index >= 15 is 0 Å². The van der Waals surface area contributed by atoms with E-state index in [0.717, 1.165) is 31.0 Å². The van der Waals surface area contributed by atoms with Crippen molar-refractivity contribution >= 4 is 23.5 Å². The van der Waals surface area contributed by atoms with Crippen LogP contribution < -0.4 is 0 Å². The third-order valence-corrected chi connectivity index (χ3v) is 6.79. The largest absolute Gasteiger partial charge is 0.391 e. The molecule has 1 aliphatic rings. The van der Waals surface area contributed by atoms with Crippen LogP contribution in [0.3, 0.4) is 0 Å². The van der Waals surface area contributed by atoms with Crippen LogP contribution in [0.5, 0.6) is 0 Å². The number of nitrogens with zero attached hydrogens (tertiary/aromatic N) is 3. The maximum Gasteiger partial charge on any atom is 0.138 e. The fourth-order valence-corrected chi connectivity index (χ4v) is 5.59. The Bertz CT molecular complexity index is 386. The molecule has 3 atom stereocenters.